The standard InChI is InChI=1S/C29H30/c1-5-24-15-16-28(20-24)29(25-12-6-9-21(2)17-25,26-13-7-10-22(3)18-26)27-14-8-11-23(4)19-27/h6-15,17-20H,5,16H2,1-4H3. The van der Waals surface area contributed by atoms with Gasteiger partial charge in [-0.25, -0.2) is 0 Å². The molecule has 0 aliphatic heterocycles. The van der Waals surface area contributed by atoms with E-state index in [1.165, 1.54) is 44.5 Å². The summed E-state index contributed by atoms with van der Waals surface area (Å²) in [6, 6.07) is 27.2. The smallest absolute Gasteiger partial charge is 0.0667 e. The number of aryl methyl sites for hydroxylation is 3. The van der Waals surface area contributed by atoms with Crippen molar-refractivity contribution in [2.45, 2.75) is 46.0 Å². The molecule has 0 radical (unpaired) electrons. The predicted molar refractivity (Wildman–Crippen MR) is 124 cm³/mol. The van der Waals surface area contributed by atoms with Gasteiger partial charge in [-0.05, 0) is 55.9 Å². The maximum absolute atomic E-state index is 2.45. The van der Waals surface area contributed by atoms with Gasteiger partial charge in [0.1, 0.15) is 0 Å². The first kappa shape index (κ1) is 19.5. The zero-order valence-corrected chi connectivity index (χ0v) is 18.0. The average Bonchev–Trinajstić information content (AvgIpc) is 3.18. The molecule has 0 saturated carbocycles. The van der Waals surface area contributed by atoms with Gasteiger partial charge in [-0.3, -0.25) is 0 Å². The fourth-order valence-electron chi connectivity index (χ4n) is 4.78. The summed E-state index contributed by atoms with van der Waals surface area (Å²) in [5.74, 6) is 0. The molecule has 1 aliphatic carbocycles. The van der Waals surface area contributed by atoms with Crippen LogP contribution in [0.2, 0.25) is 0 Å². The van der Waals surface area contributed by atoms with Gasteiger partial charge in [-0.1, -0.05) is 114 Å². The molecular formula is C29H30. The Hall–Kier alpha value is -2.86. The maximum Gasteiger partial charge on any atom is 0.0667 e. The molecule has 146 valence electrons. The summed E-state index contributed by atoms with van der Waals surface area (Å²) >= 11 is 0. The molecule has 3 aromatic carbocycles. The van der Waals surface area contributed by atoms with Gasteiger partial charge in [0.2, 0.25) is 0 Å². The van der Waals surface area contributed by atoms with Crippen molar-refractivity contribution in [2.75, 3.05) is 0 Å². The molecule has 0 fully saturated rings. The Morgan fingerprint density at radius 1 is 0.690 bits per heavy atom. The molecule has 4 rings (SSSR count). The van der Waals surface area contributed by atoms with Gasteiger partial charge >= 0.3 is 0 Å². The highest BCUT2D eigenvalue weighted by atomic mass is 14.4. The van der Waals surface area contributed by atoms with Crippen LogP contribution < -0.4 is 0 Å². The number of rotatable bonds is 5. The first-order chi connectivity index (χ1) is 14.0. The number of benzene rings is 3. The molecule has 0 N–H and O–H groups in total. The van der Waals surface area contributed by atoms with Crippen molar-refractivity contribution in [3.63, 3.8) is 0 Å². The summed E-state index contributed by atoms with van der Waals surface area (Å²) in [6.45, 7) is 8.83. The van der Waals surface area contributed by atoms with Crippen LogP contribution in [0.4, 0.5) is 0 Å². The van der Waals surface area contributed by atoms with E-state index in [4.69, 9.17) is 0 Å². The summed E-state index contributed by atoms with van der Waals surface area (Å²) in [5.41, 5.74) is 10.6. The highest BCUT2D eigenvalue weighted by Crippen LogP contribution is 2.49. The Morgan fingerprint density at radius 2 is 1.14 bits per heavy atom. The van der Waals surface area contributed by atoms with Crippen molar-refractivity contribution in [3.05, 3.63) is 129 Å². The van der Waals surface area contributed by atoms with E-state index in [0.29, 0.717) is 0 Å². The van der Waals surface area contributed by atoms with Crippen LogP contribution in [-0.2, 0) is 5.41 Å². The van der Waals surface area contributed by atoms with Crippen LogP contribution in [0.15, 0.2) is 96.1 Å². The average molecular weight is 379 g/mol. The van der Waals surface area contributed by atoms with Crippen molar-refractivity contribution >= 4 is 0 Å². The summed E-state index contributed by atoms with van der Waals surface area (Å²) < 4.78 is 0. The van der Waals surface area contributed by atoms with Crippen LogP contribution in [0.25, 0.3) is 0 Å². The van der Waals surface area contributed by atoms with Crippen molar-refractivity contribution in [1.29, 1.82) is 0 Å². The Bertz CT molecular complexity index is 983. The predicted octanol–water partition coefficient (Wildman–Crippen LogP) is 7.61. The largest absolute Gasteiger partial charge is 0.0772 e. The van der Waals surface area contributed by atoms with E-state index in [9.17, 15) is 0 Å². The molecule has 0 unspecified atom stereocenters. The molecule has 0 aromatic heterocycles. The molecule has 0 nitrogen and oxygen atoms in total. The highest BCUT2D eigenvalue weighted by molar-refractivity contribution is 5.62. The zero-order valence-electron chi connectivity index (χ0n) is 18.0. The van der Waals surface area contributed by atoms with Crippen LogP contribution in [0.3, 0.4) is 0 Å². The topological polar surface area (TPSA) is 0 Å². The minimum Gasteiger partial charge on any atom is -0.0772 e. The van der Waals surface area contributed by atoms with Crippen LogP contribution in [-0.4, -0.2) is 0 Å². The Balaban J connectivity index is 2.11. The summed E-state index contributed by atoms with van der Waals surface area (Å²) in [5, 5.41) is 0. The highest BCUT2D eigenvalue weighted by Gasteiger charge is 2.40. The van der Waals surface area contributed by atoms with Gasteiger partial charge in [0.25, 0.3) is 0 Å². The van der Waals surface area contributed by atoms with Gasteiger partial charge in [0.15, 0.2) is 0 Å². The fraction of sp³-hybridized carbons (Fsp3) is 0.241. The van der Waals surface area contributed by atoms with Gasteiger partial charge in [-0.15, -0.1) is 0 Å². The summed E-state index contributed by atoms with van der Waals surface area (Å²) in [7, 11) is 0. The van der Waals surface area contributed by atoms with Gasteiger partial charge in [-0.2, -0.15) is 0 Å². The normalized spacial score (nSPS) is 13.9. The fourth-order valence-corrected chi connectivity index (χ4v) is 4.78. The van der Waals surface area contributed by atoms with Gasteiger partial charge in [0, 0.05) is 0 Å². The first-order valence-corrected chi connectivity index (χ1v) is 10.7. The van der Waals surface area contributed by atoms with Crippen molar-refractivity contribution in [1.82, 2.24) is 0 Å². The van der Waals surface area contributed by atoms with Crippen molar-refractivity contribution < 1.29 is 0 Å². The molecule has 0 heterocycles. The number of hydrogen-bond acceptors (Lipinski definition) is 0. The molecule has 1 aliphatic rings. The molecule has 29 heavy (non-hydrogen) atoms. The lowest BCUT2D eigenvalue weighted by Crippen LogP contribution is -2.32. The summed E-state index contributed by atoms with van der Waals surface area (Å²) in [4.78, 5) is 0. The van der Waals surface area contributed by atoms with E-state index in [-0.39, 0.29) is 5.41 Å². The third-order valence-corrected chi connectivity index (χ3v) is 6.19. The Labute approximate surface area is 175 Å². The van der Waals surface area contributed by atoms with Crippen LogP contribution >= 0.6 is 0 Å². The Morgan fingerprint density at radius 3 is 1.48 bits per heavy atom. The van der Waals surface area contributed by atoms with Crippen molar-refractivity contribution in [3.8, 4) is 0 Å². The minimum atomic E-state index is -0.280. The van der Waals surface area contributed by atoms with Gasteiger partial charge in [0.05, 0.1) is 5.41 Å². The summed E-state index contributed by atoms with van der Waals surface area (Å²) in [6.07, 6.45) is 6.94. The molecule has 0 amide bonds. The van der Waals surface area contributed by atoms with E-state index in [0.717, 1.165) is 12.8 Å². The lowest BCUT2D eigenvalue weighted by atomic mass is 9.63. The van der Waals surface area contributed by atoms with E-state index in [1.807, 2.05) is 0 Å². The maximum atomic E-state index is 2.45. The lowest BCUT2D eigenvalue weighted by Gasteiger charge is -2.38. The quantitative estimate of drug-likeness (QED) is 0.401. The van der Waals surface area contributed by atoms with E-state index < -0.39 is 0 Å². The Kier molecular flexibility index (Phi) is 5.28. The third-order valence-electron chi connectivity index (χ3n) is 6.19. The van der Waals surface area contributed by atoms with E-state index in [1.54, 1.807) is 0 Å². The van der Waals surface area contributed by atoms with Crippen LogP contribution in [0.5, 0.6) is 0 Å². The van der Waals surface area contributed by atoms with Crippen LogP contribution in [0.1, 0.15) is 53.1 Å². The molecule has 3 aromatic rings. The molecule has 0 saturated heterocycles. The number of hydrogen-bond donors (Lipinski definition) is 0. The van der Waals surface area contributed by atoms with Crippen molar-refractivity contribution in [2.24, 2.45) is 0 Å². The van der Waals surface area contributed by atoms with E-state index >= 15 is 0 Å². The zero-order chi connectivity index (χ0) is 20.4. The minimum absolute atomic E-state index is 0.280. The molecule has 0 atom stereocenters. The molecule has 0 spiro atoms. The third kappa shape index (κ3) is 3.49. The molecule has 0 heteroatoms. The second kappa shape index (κ2) is 7.87. The SMILES string of the molecule is CCC1=CCC(C(c2cccc(C)c2)(c2cccc(C)c2)c2cccc(C)c2)=C1. The second-order valence-corrected chi connectivity index (χ2v) is 8.36. The van der Waals surface area contributed by atoms with Crippen LogP contribution in [0, 0.1) is 20.8 Å². The number of allylic oxidation sites excluding steroid dienone is 4. The monoisotopic (exact) mass is 378 g/mol. The lowest BCUT2D eigenvalue weighted by molar-refractivity contribution is 0.708. The second-order valence-electron chi connectivity index (χ2n) is 8.36. The molecular weight excluding hydrogens is 348 g/mol. The molecule has 0 bridgehead atoms. The van der Waals surface area contributed by atoms with E-state index in [2.05, 4.69) is 113 Å². The first-order valence-electron chi connectivity index (χ1n) is 10.7. The van der Waals surface area contributed by atoms with Gasteiger partial charge < -0.3 is 0 Å².